The lowest BCUT2D eigenvalue weighted by Crippen LogP contribution is -2.56. The summed E-state index contributed by atoms with van der Waals surface area (Å²) in [6.07, 6.45) is -2.88. The Morgan fingerprint density at radius 2 is 2.00 bits per heavy atom. The van der Waals surface area contributed by atoms with E-state index in [2.05, 4.69) is 20.6 Å². The number of aromatic nitrogens is 2. The summed E-state index contributed by atoms with van der Waals surface area (Å²) in [5.41, 5.74) is 6.38. The Morgan fingerprint density at radius 3 is 2.58 bits per heavy atom. The van der Waals surface area contributed by atoms with Crippen molar-refractivity contribution in [2.24, 2.45) is 0 Å². The Morgan fingerprint density at radius 1 is 1.28 bits per heavy atom. The lowest BCUT2D eigenvalue weighted by atomic mass is 9.88. The number of carboxylic acid groups (broad SMARTS) is 1. The summed E-state index contributed by atoms with van der Waals surface area (Å²) in [4.78, 5) is 42.2. The third kappa shape index (κ3) is 6.73. The molecule has 2 aromatic heterocycles. The zero-order chi connectivity index (χ0) is 26.5. The maximum absolute atomic E-state index is 12.6. The molecule has 4 rings (SSSR count). The van der Waals surface area contributed by atoms with Gasteiger partial charge >= 0.3 is 12.1 Å². The number of anilines is 1. The number of hydrogen-bond acceptors (Lipinski definition) is 8. The van der Waals surface area contributed by atoms with Crippen LogP contribution in [0, 0.1) is 0 Å². The summed E-state index contributed by atoms with van der Waals surface area (Å²) < 4.78 is 37.8. The van der Waals surface area contributed by atoms with Crippen LogP contribution in [0.3, 0.4) is 0 Å². The number of nitrogen functional groups attached to an aromatic ring is 1. The van der Waals surface area contributed by atoms with Gasteiger partial charge in [0.1, 0.15) is 17.7 Å². The van der Waals surface area contributed by atoms with E-state index in [-0.39, 0.29) is 18.4 Å². The van der Waals surface area contributed by atoms with E-state index in [4.69, 9.17) is 32.0 Å². The first-order valence-electron chi connectivity index (χ1n) is 10.2. The Balaban J connectivity index is 0.000000454. The van der Waals surface area contributed by atoms with Crippen LogP contribution in [0.4, 0.5) is 19.0 Å². The van der Waals surface area contributed by atoms with Gasteiger partial charge in [-0.25, -0.2) is 14.8 Å². The van der Waals surface area contributed by atoms with Crippen LogP contribution in [0.2, 0.25) is 4.34 Å². The molecule has 1 aliphatic heterocycles. The van der Waals surface area contributed by atoms with Gasteiger partial charge in [0.2, 0.25) is 5.91 Å². The molecule has 0 saturated carbocycles. The molecule has 1 aromatic carbocycles. The molecule has 1 atom stereocenters. The Labute approximate surface area is 210 Å². The van der Waals surface area contributed by atoms with Crippen LogP contribution in [0.5, 0.6) is 5.06 Å². The molecule has 10 nitrogen and oxygen atoms in total. The number of carbonyl (C=O) groups excluding carboxylic acids is 2. The lowest BCUT2D eigenvalue weighted by molar-refractivity contribution is -0.192. The predicted octanol–water partition coefficient (Wildman–Crippen LogP) is 2.56. The van der Waals surface area contributed by atoms with E-state index < -0.39 is 17.7 Å². The van der Waals surface area contributed by atoms with Crippen LogP contribution in [0.1, 0.15) is 12.0 Å². The number of alkyl halides is 3. The van der Waals surface area contributed by atoms with E-state index in [0.29, 0.717) is 40.1 Å². The monoisotopic (exact) mass is 545 g/mol. The molecule has 15 heteroatoms. The maximum atomic E-state index is 12.6. The number of rotatable bonds is 6. The quantitative estimate of drug-likeness (QED) is 0.368. The predicted molar refractivity (Wildman–Crippen MR) is 125 cm³/mol. The number of aliphatic carboxylic acids is 1. The summed E-state index contributed by atoms with van der Waals surface area (Å²) in [7, 11) is 0. The second-order valence-corrected chi connectivity index (χ2v) is 9.25. The number of nitrogens with zero attached hydrogens (tertiary/aromatic N) is 2. The Bertz CT molecular complexity index is 1290. The maximum Gasteiger partial charge on any atom is 0.490 e. The smallest absolute Gasteiger partial charge is 0.475 e. The van der Waals surface area contributed by atoms with Gasteiger partial charge in [-0.1, -0.05) is 29.0 Å². The number of ether oxygens (including phenoxy) is 1. The number of fused-ring (bicyclic) bond motifs is 1. The number of benzene rings is 1. The van der Waals surface area contributed by atoms with Gasteiger partial charge in [0.05, 0.1) is 9.85 Å². The Kier molecular flexibility index (Phi) is 8.20. The normalized spacial score (nSPS) is 17.2. The molecule has 0 unspecified atom stereocenters. The number of amides is 2. The van der Waals surface area contributed by atoms with Gasteiger partial charge in [0.15, 0.2) is 11.7 Å². The molecule has 0 spiro atoms. The third-order valence-electron chi connectivity index (χ3n) is 5.02. The highest BCUT2D eigenvalue weighted by Gasteiger charge is 2.43. The van der Waals surface area contributed by atoms with Gasteiger partial charge in [-0.3, -0.25) is 9.59 Å². The topological polar surface area (TPSA) is 157 Å². The molecule has 3 aromatic rings. The number of halogens is 4. The van der Waals surface area contributed by atoms with Crippen LogP contribution in [-0.4, -0.2) is 57.7 Å². The third-order valence-corrected chi connectivity index (χ3v) is 6.17. The summed E-state index contributed by atoms with van der Waals surface area (Å²) in [6, 6.07) is 8.94. The average molecular weight is 546 g/mol. The molecule has 1 aliphatic rings. The zero-order valence-corrected chi connectivity index (χ0v) is 19.8. The van der Waals surface area contributed by atoms with E-state index >= 15 is 0 Å². The first-order valence-corrected chi connectivity index (χ1v) is 11.4. The molecule has 0 aliphatic carbocycles. The fourth-order valence-corrected chi connectivity index (χ4v) is 4.27. The SMILES string of the molecule is Nc1ncnc2cc(C[C@]3(NC(=O)COc4ccc(Cl)s4)CCNC3=O)ccc12.O=C(O)C(F)(F)F. The van der Waals surface area contributed by atoms with Crippen LogP contribution < -0.4 is 21.1 Å². The standard InChI is InChI=1S/C19H18ClN5O3S.C2HF3O2/c20-14-3-4-16(29-14)28-9-15(26)25-19(5-6-22-18(19)27)8-11-1-2-12-13(7-11)23-10-24-17(12)21;3-2(4,5)1(6)7/h1-4,7,10H,5-6,8-9H2,(H,22,27)(H,25,26)(H2,21,23,24);(H,6,7)/t19-;/m1./s1. The van der Waals surface area contributed by atoms with Crippen molar-refractivity contribution in [2.45, 2.75) is 24.6 Å². The number of nitrogens with two attached hydrogens (primary N) is 1. The summed E-state index contributed by atoms with van der Waals surface area (Å²) in [6.45, 7) is 0.288. The summed E-state index contributed by atoms with van der Waals surface area (Å²) >= 11 is 7.10. The number of thiophene rings is 1. The van der Waals surface area contributed by atoms with Crippen molar-refractivity contribution in [3.05, 3.63) is 46.6 Å². The van der Waals surface area contributed by atoms with Crippen molar-refractivity contribution in [1.29, 1.82) is 0 Å². The molecule has 5 N–H and O–H groups in total. The number of hydrogen-bond donors (Lipinski definition) is 4. The van der Waals surface area contributed by atoms with Crippen LogP contribution in [0.25, 0.3) is 10.9 Å². The minimum absolute atomic E-state index is 0.201. The van der Waals surface area contributed by atoms with Gasteiger partial charge < -0.3 is 26.2 Å². The van der Waals surface area contributed by atoms with E-state index in [0.717, 1.165) is 10.9 Å². The minimum atomic E-state index is -5.08. The fourth-order valence-electron chi connectivity index (χ4n) is 3.40. The highest BCUT2D eigenvalue weighted by Crippen LogP contribution is 2.28. The molecule has 3 heterocycles. The van der Waals surface area contributed by atoms with Crippen molar-refractivity contribution in [1.82, 2.24) is 20.6 Å². The van der Waals surface area contributed by atoms with Gasteiger partial charge in [0.25, 0.3) is 5.91 Å². The highest BCUT2D eigenvalue weighted by molar-refractivity contribution is 7.17. The van der Waals surface area contributed by atoms with Crippen molar-refractivity contribution < 1.29 is 37.4 Å². The van der Waals surface area contributed by atoms with E-state index in [1.165, 1.54) is 17.7 Å². The largest absolute Gasteiger partial charge is 0.490 e. The van der Waals surface area contributed by atoms with Gasteiger partial charge in [0, 0.05) is 18.4 Å². The van der Waals surface area contributed by atoms with Crippen molar-refractivity contribution in [2.75, 3.05) is 18.9 Å². The van der Waals surface area contributed by atoms with Crippen molar-refractivity contribution >= 4 is 57.4 Å². The van der Waals surface area contributed by atoms with Crippen molar-refractivity contribution in [3.8, 4) is 5.06 Å². The van der Waals surface area contributed by atoms with Crippen LogP contribution >= 0.6 is 22.9 Å². The van der Waals surface area contributed by atoms with E-state index in [1.807, 2.05) is 18.2 Å². The van der Waals surface area contributed by atoms with E-state index in [9.17, 15) is 22.8 Å². The van der Waals surface area contributed by atoms with E-state index in [1.54, 1.807) is 12.1 Å². The molecular formula is C21H19ClF3N5O5S. The second kappa shape index (κ2) is 11.0. The second-order valence-electron chi connectivity index (χ2n) is 7.57. The fraction of sp³-hybridized carbons (Fsp3) is 0.286. The number of carboxylic acids is 1. The molecule has 0 bridgehead atoms. The molecular weight excluding hydrogens is 527 g/mol. The zero-order valence-electron chi connectivity index (χ0n) is 18.3. The molecule has 36 heavy (non-hydrogen) atoms. The van der Waals surface area contributed by atoms with Crippen LogP contribution in [-0.2, 0) is 20.8 Å². The van der Waals surface area contributed by atoms with Crippen molar-refractivity contribution in [3.63, 3.8) is 0 Å². The first-order chi connectivity index (χ1) is 16.9. The van der Waals surface area contributed by atoms with Gasteiger partial charge in [-0.2, -0.15) is 13.2 Å². The highest BCUT2D eigenvalue weighted by atomic mass is 35.5. The molecule has 1 fully saturated rings. The average Bonchev–Trinajstić information content (AvgIpc) is 3.37. The van der Waals surface area contributed by atoms with Gasteiger partial charge in [-0.05, 0) is 36.2 Å². The van der Waals surface area contributed by atoms with Crippen LogP contribution in [0.15, 0.2) is 36.7 Å². The number of carbonyl (C=O) groups is 3. The molecule has 0 radical (unpaired) electrons. The summed E-state index contributed by atoms with van der Waals surface area (Å²) in [5.74, 6) is -2.95. The molecule has 2 amide bonds. The number of nitrogens with one attached hydrogen (secondary N) is 2. The minimum Gasteiger partial charge on any atom is -0.475 e. The Hall–Kier alpha value is -3.65. The molecule has 1 saturated heterocycles. The lowest BCUT2D eigenvalue weighted by Gasteiger charge is -2.27. The molecule has 192 valence electrons. The summed E-state index contributed by atoms with van der Waals surface area (Å²) in [5, 5.41) is 14.1. The first kappa shape index (κ1) is 26.9. The van der Waals surface area contributed by atoms with Gasteiger partial charge in [-0.15, -0.1) is 0 Å².